The van der Waals surface area contributed by atoms with Gasteiger partial charge in [0.05, 0.1) is 18.9 Å². The Labute approximate surface area is 167 Å². The van der Waals surface area contributed by atoms with Gasteiger partial charge in [-0.2, -0.15) is 15.6 Å². The van der Waals surface area contributed by atoms with Gasteiger partial charge in [-0.05, 0) is 29.5 Å². The molecule has 3 rings (SSSR count). The lowest BCUT2D eigenvalue weighted by atomic mass is 9.84. The van der Waals surface area contributed by atoms with E-state index in [-0.39, 0.29) is 23.2 Å². The van der Waals surface area contributed by atoms with Crippen LogP contribution in [0.3, 0.4) is 0 Å². The molecule has 1 aliphatic carbocycles. The summed E-state index contributed by atoms with van der Waals surface area (Å²) in [6.07, 6.45) is 8.69. The van der Waals surface area contributed by atoms with E-state index in [1.165, 1.54) is 7.11 Å². The molecule has 6 heteroatoms. The van der Waals surface area contributed by atoms with E-state index >= 15 is 0 Å². The maximum atomic E-state index is 11.5. The molecule has 2 aliphatic rings. The highest BCUT2D eigenvalue weighted by Crippen LogP contribution is 2.40. The number of carbonyl (C=O) groups excluding carboxylic acids is 1. The number of allylic oxidation sites excluding steroid dienone is 2. The summed E-state index contributed by atoms with van der Waals surface area (Å²) in [5.41, 5.74) is 6.27. The van der Waals surface area contributed by atoms with Crippen LogP contribution in [0.4, 0.5) is 5.69 Å². The van der Waals surface area contributed by atoms with Gasteiger partial charge < -0.3 is 9.84 Å². The van der Waals surface area contributed by atoms with Crippen LogP contribution in [0, 0.1) is 0 Å². The first-order valence-corrected chi connectivity index (χ1v) is 9.72. The number of carbonyl (C=O) groups is 1. The molecular formula is C22H31N3O3. The highest BCUT2D eigenvalue weighted by Gasteiger charge is 2.29. The fraction of sp³-hybridized carbons (Fsp3) is 0.455. The van der Waals surface area contributed by atoms with Gasteiger partial charge in [-0.15, -0.1) is 0 Å². The van der Waals surface area contributed by atoms with E-state index in [2.05, 4.69) is 10.5 Å². The molecule has 0 bridgehead atoms. The summed E-state index contributed by atoms with van der Waals surface area (Å²) in [7, 11) is 1.39. The quantitative estimate of drug-likeness (QED) is 0.767. The Bertz CT molecular complexity index is 804. The van der Waals surface area contributed by atoms with E-state index < -0.39 is 0 Å². The lowest BCUT2D eigenvalue weighted by Crippen LogP contribution is -2.37. The van der Waals surface area contributed by atoms with Gasteiger partial charge in [-0.25, -0.2) is 0 Å². The number of aromatic hydroxyl groups is 1. The van der Waals surface area contributed by atoms with Crippen molar-refractivity contribution in [3.63, 3.8) is 0 Å². The fourth-order valence-corrected chi connectivity index (χ4v) is 3.04. The largest absolute Gasteiger partial charge is 0.505 e. The highest BCUT2D eigenvalue weighted by molar-refractivity contribution is 6.04. The van der Waals surface area contributed by atoms with Gasteiger partial charge in [0.15, 0.2) is 0 Å². The second-order valence-corrected chi connectivity index (χ2v) is 7.52. The Balaban J connectivity index is 0.00000136. The van der Waals surface area contributed by atoms with Crippen molar-refractivity contribution in [3.8, 4) is 5.75 Å². The molecule has 28 heavy (non-hydrogen) atoms. The van der Waals surface area contributed by atoms with Gasteiger partial charge in [0.1, 0.15) is 11.4 Å². The van der Waals surface area contributed by atoms with Crippen molar-refractivity contribution in [2.45, 2.75) is 58.9 Å². The van der Waals surface area contributed by atoms with Crippen molar-refractivity contribution < 1.29 is 14.6 Å². The van der Waals surface area contributed by atoms with E-state index in [1.807, 2.05) is 71.1 Å². The maximum absolute atomic E-state index is 11.5. The zero-order valence-electron chi connectivity index (χ0n) is 17.6. The summed E-state index contributed by atoms with van der Waals surface area (Å²) in [6, 6.07) is 3.82. The van der Waals surface area contributed by atoms with Crippen LogP contribution in [0.5, 0.6) is 5.75 Å². The summed E-state index contributed by atoms with van der Waals surface area (Å²) in [4.78, 5) is 11.5. The Hall–Kier alpha value is -2.60. The molecule has 6 nitrogen and oxygen atoms in total. The van der Waals surface area contributed by atoms with E-state index in [1.54, 1.807) is 5.12 Å². The minimum atomic E-state index is -0.252. The number of hydrogen-bond acceptors (Lipinski definition) is 6. The van der Waals surface area contributed by atoms with Gasteiger partial charge in [0.2, 0.25) is 0 Å². The van der Waals surface area contributed by atoms with Crippen LogP contribution in [0.2, 0.25) is 0 Å². The molecule has 1 atom stereocenters. The van der Waals surface area contributed by atoms with Gasteiger partial charge in [0.25, 0.3) is 0 Å². The topological polar surface area (TPSA) is 74.2 Å². The zero-order chi connectivity index (χ0) is 20.9. The lowest BCUT2D eigenvalue weighted by molar-refractivity contribution is -0.140. The Morgan fingerprint density at radius 3 is 2.61 bits per heavy atom. The fourth-order valence-electron chi connectivity index (χ4n) is 3.04. The van der Waals surface area contributed by atoms with Gasteiger partial charge in [-0.1, -0.05) is 58.9 Å². The summed E-state index contributed by atoms with van der Waals surface area (Å²) < 4.78 is 4.74. The molecule has 0 saturated carbocycles. The number of hydrazine groups is 1. The van der Waals surface area contributed by atoms with Crippen LogP contribution in [0.1, 0.15) is 52.2 Å². The summed E-state index contributed by atoms with van der Waals surface area (Å²) >= 11 is 0. The molecule has 0 saturated heterocycles. The Morgan fingerprint density at radius 1 is 1.29 bits per heavy atom. The highest BCUT2D eigenvalue weighted by atomic mass is 16.5. The predicted molar refractivity (Wildman–Crippen MR) is 114 cm³/mol. The number of phenolic OH excluding ortho intramolecular Hbond substituents is 1. The standard InChI is InChI=1S/C20H25N3O3.C2H6/c1-20(2,3)14-11-13(9-10-18(24)26-4)12-17(19(14)25)23-21-15-7-5-6-8-16(15)22-23;1-2/h5-8,11-12,15,21,25H,9-10H2,1-4H3;1-2H3. The maximum Gasteiger partial charge on any atom is 0.305 e. The third kappa shape index (κ3) is 4.81. The summed E-state index contributed by atoms with van der Waals surface area (Å²) in [5.74, 6) is -0.0551. The van der Waals surface area contributed by atoms with E-state index in [0.717, 1.165) is 16.8 Å². The van der Waals surface area contributed by atoms with E-state index in [4.69, 9.17) is 4.74 Å². The molecule has 0 aromatic heterocycles. The number of benzene rings is 1. The van der Waals surface area contributed by atoms with Gasteiger partial charge in [-0.3, -0.25) is 4.79 Å². The SMILES string of the molecule is CC.COC(=O)CCc1cc(N2N=C3C=CC=CC3N2)c(O)c(C(C)(C)C)c1. The van der Waals surface area contributed by atoms with Crippen molar-refractivity contribution in [2.24, 2.45) is 5.10 Å². The summed E-state index contributed by atoms with van der Waals surface area (Å²) in [6.45, 7) is 10.1. The van der Waals surface area contributed by atoms with Crippen molar-refractivity contribution in [3.05, 3.63) is 47.6 Å². The molecule has 0 spiro atoms. The number of esters is 1. The van der Waals surface area contributed by atoms with Crippen LogP contribution in [0.15, 0.2) is 41.5 Å². The number of hydrogen-bond donors (Lipinski definition) is 2. The van der Waals surface area contributed by atoms with Crippen molar-refractivity contribution in [2.75, 3.05) is 12.2 Å². The van der Waals surface area contributed by atoms with E-state index in [9.17, 15) is 9.90 Å². The van der Waals surface area contributed by atoms with Gasteiger partial charge >= 0.3 is 5.97 Å². The first-order chi connectivity index (χ1) is 13.3. The third-order valence-electron chi connectivity index (χ3n) is 4.51. The molecule has 0 radical (unpaired) electrons. The molecule has 2 N–H and O–H groups in total. The number of hydrazone groups is 1. The molecule has 1 aliphatic heterocycles. The molecule has 0 amide bonds. The Kier molecular flexibility index (Phi) is 7.02. The van der Waals surface area contributed by atoms with E-state index in [0.29, 0.717) is 18.5 Å². The lowest BCUT2D eigenvalue weighted by Gasteiger charge is -2.26. The minimum absolute atomic E-state index is 0.00351. The molecule has 1 unspecified atom stereocenters. The number of anilines is 1. The van der Waals surface area contributed by atoms with Crippen LogP contribution in [-0.2, 0) is 21.4 Å². The third-order valence-corrected chi connectivity index (χ3v) is 4.51. The van der Waals surface area contributed by atoms with Crippen molar-refractivity contribution in [1.29, 1.82) is 0 Å². The summed E-state index contributed by atoms with van der Waals surface area (Å²) in [5, 5.41) is 17.1. The van der Waals surface area contributed by atoms with Crippen LogP contribution < -0.4 is 10.5 Å². The predicted octanol–water partition coefficient (Wildman–Crippen LogP) is 4.00. The van der Waals surface area contributed by atoms with Crippen LogP contribution in [-0.4, -0.2) is 29.9 Å². The number of fused-ring (bicyclic) bond motifs is 1. The minimum Gasteiger partial charge on any atom is -0.505 e. The smallest absolute Gasteiger partial charge is 0.305 e. The average Bonchev–Trinajstić information content (AvgIpc) is 3.11. The Morgan fingerprint density at radius 2 is 2.00 bits per heavy atom. The van der Waals surface area contributed by atoms with Crippen molar-refractivity contribution >= 4 is 17.4 Å². The first-order valence-electron chi connectivity index (χ1n) is 9.72. The second kappa shape index (κ2) is 9.06. The number of methoxy groups -OCH3 is 1. The first kappa shape index (κ1) is 21.7. The monoisotopic (exact) mass is 385 g/mol. The molecule has 1 aromatic rings. The number of phenols is 1. The van der Waals surface area contributed by atoms with Crippen LogP contribution >= 0.6 is 0 Å². The molecule has 1 aromatic carbocycles. The molecule has 1 heterocycles. The second-order valence-electron chi connectivity index (χ2n) is 7.52. The van der Waals surface area contributed by atoms with Crippen LogP contribution in [0.25, 0.3) is 0 Å². The number of nitrogens with one attached hydrogen (secondary N) is 1. The van der Waals surface area contributed by atoms with Gasteiger partial charge in [0, 0.05) is 12.0 Å². The normalized spacial score (nSPS) is 17.6. The molecular weight excluding hydrogens is 354 g/mol. The molecule has 152 valence electrons. The number of ether oxygens (including phenoxy) is 1. The number of aryl methyl sites for hydroxylation is 1. The zero-order valence-corrected chi connectivity index (χ0v) is 17.6. The number of rotatable bonds is 4. The average molecular weight is 386 g/mol. The molecule has 0 fully saturated rings. The van der Waals surface area contributed by atoms with Crippen molar-refractivity contribution in [1.82, 2.24) is 5.43 Å². The number of nitrogens with zero attached hydrogens (tertiary/aromatic N) is 2.